The van der Waals surface area contributed by atoms with E-state index in [2.05, 4.69) is 25.2 Å². The van der Waals surface area contributed by atoms with E-state index >= 15 is 0 Å². The number of aromatic nitrogens is 3. The highest BCUT2D eigenvalue weighted by Gasteiger charge is 2.22. The predicted octanol–water partition coefficient (Wildman–Crippen LogP) is 1.53. The summed E-state index contributed by atoms with van der Waals surface area (Å²) in [5, 5.41) is 3.36. The fourth-order valence-electron chi connectivity index (χ4n) is 2.64. The molecule has 0 spiro atoms. The van der Waals surface area contributed by atoms with Gasteiger partial charge in [-0.3, -0.25) is 0 Å². The third kappa shape index (κ3) is 3.34. The van der Waals surface area contributed by atoms with Crippen LogP contribution in [0, 0.1) is 0 Å². The molecular formula is C16H20N6O. The van der Waals surface area contributed by atoms with Crippen molar-refractivity contribution < 1.29 is 4.74 Å². The Hall–Kier alpha value is -2.41. The molecule has 1 aliphatic heterocycles. The number of anilines is 3. The largest absolute Gasteiger partial charge is 0.378 e. The first kappa shape index (κ1) is 14.2. The lowest BCUT2D eigenvalue weighted by Gasteiger charge is -2.27. The Morgan fingerprint density at radius 3 is 2.70 bits per heavy atom. The molecule has 1 saturated carbocycles. The van der Waals surface area contributed by atoms with Gasteiger partial charge < -0.3 is 20.7 Å². The molecule has 0 aromatic carbocycles. The third-order valence-electron chi connectivity index (χ3n) is 4.05. The van der Waals surface area contributed by atoms with Gasteiger partial charge in [-0.05, 0) is 25.0 Å². The minimum absolute atomic E-state index is 0.280. The summed E-state index contributed by atoms with van der Waals surface area (Å²) in [6.07, 6.45) is 4.22. The molecule has 0 bridgehead atoms. The van der Waals surface area contributed by atoms with Gasteiger partial charge in [0, 0.05) is 37.0 Å². The predicted molar refractivity (Wildman–Crippen MR) is 89.4 cm³/mol. The van der Waals surface area contributed by atoms with Crippen molar-refractivity contribution in [1.82, 2.24) is 15.0 Å². The molecule has 7 nitrogen and oxygen atoms in total. The van der Waals surface area contributed by atoms with Gasteiger partial charge in [-0.1, -0.05) is 0 Å². The standard InChI is InChI=1S/C16H20N6O/c17-16-20-13(9-14(21-16)19-12-2-3-12)11-1-4-15(18-10-11)22-5-7-23-8-6-22/h1,4,9-10,12H,2-3,5-8H2,(H3,17,19,20,21). The van der Waals surface area contributed by atoms with Gasteiger partial charge in [-0.2, -0.15) is 4.98 Å². The van der Waals surface area contributed by atoms with Crippen LogP contribution in [-0.4, -0.2) is 47.3 Å². The van der Waals surface area contributed by atoms with Crippen molar-refractivity contribution >= 4 is 17.6 Å². The highest BCUT2D eigenvalue weighted by atomic mass is 16.5. The zero-order chi connectivity index (χ0) is 15.6. The van der Waals surface area contributed by atoms with Gasteiger partial charge in [0.25, 0.3) is 0 Å². The van der Waals surface area contributed by atoms with Crippen LogP contribution in [0.2, 0.25) is 0 Å². The van der Waals surface area contributed by atoms with Crippen molar-refractivity contribution in [3.05, 3.63) is 24.4 Å². The number of nitrogens with two attached hydrogens (primary N) is 1. The fourth-order valence-corrected chi connectivity index (χ4v) is 2.64. The van der Waals surface area contributed by atoms with Crippen molar-refractivity contribution in [1.29, 1.82) is 0 Å². The monoisotopic (exact) mass is 312 g/mol. The van der Waals surface area contributed by atoms with Crippen molar-refractivity contribution in [2.75, 3.05) is 42.3 Å². The average molecular weight is 312 g/mol. The van der Waals surface area contributed by atoms with E-state index in [-0.39, 0.29) is 5.95 Å². The Kier molecular flexibility index (Phi) is 3.70. The Morgan fingerprint density at radius 2 is 2.00 bits per heavy atom. The second kappa shape index (κ2) is 6.00. The molecule has 0 atom stereocenters. The maximum Gasteiger partial charge on any atom is 0.222 e. The van der Waals surface area contributed by atoms with E-state index in [9.17, 15) is 0 Å². The number of hydrogen-bond donors (Lipinski definition) is 2. The fraction of sp³-hybridized carbons (Fsp3) is 0.438. The minimum Gasteiger partial charge on any atom is -0.378 e. The molecule has 1 aliphatic carbocycles. The topological polar surface area (TPSA) is 89.2 Å². The Labute approximate surface area is 134 Å². The molecule has 2 aliphatic rings. The highest BCUT2D eigenvalue weighted by molar-refractivity contribution is 5.64. The van der Waals surface area contributed by atoms with Gasteiger partial charge >= 0.3 is 0 Å². The lowest BCUT2D eigenvalue weighted by atomic mass is 10.2. The van der Waals surface area contributed by atoms with Crippen molar-refractivity contribution in [2.24, 2.45) is 0 Å². The number of nitrogen functional groups attached to an aromatic ring is 1. The summed E-state index contributed by atoms with van der Waals surface area (Å²) in [6.45, 7) is 3.26. The summed E-state index contributed by atoms with van der Waals surface area (Å²) < 4.78 is 5.37. The van der Waals surface area contributed by atoms with E-state index in [1.165, 1.54) is 12.8 Å². The number of nitrogens with one attached hydrogen (secondary N) is 1. The van der Waals surface area contributed by atoms with E-state index in [0.29, 0.717) is 6.04 Å². The van der Waals surface area contributed by atoms with Crippen LogP contribution in [0.5, 0.6) is 0 Å². The summed E-state index contributed by atoms with van der Waals surface area (Å²) in [7, 11) is 0. The molecule has 0 amide bonds. The molecule has 0 unspecified atom stereocenters. The van der Waals surface area contributed by atoms with E-state index < -0.39 is 0 Å². The molecule has 3 N–H and O–H groups in total. The molecule has 2 aromatic heterocycles. The van der Waals surface area contributed by atoms with Crippen molar-refractivity contribution in [3.8, 4) is 11.3 Å². The normalized spacial score (nSPS) is 18.0. The van der Waals surface area contributed by atoms with Crippen LogP contribution in [0.1, 0.15) is 12.8 Å². The Bertz CT molecular complexity index is 679. The lowest BCUT2D eigenvalue weighted by molar-refractivity contribution is 0.122. The quantitative estimate of drug-likeness (QED) is 0.885. The van der Waals surface area contributed by atoms with Crippen LogP contribution in [0.25, 0.3) is 11.3 Å². The number of hydrogen-bond acceptors (Lipinski definition) is 7. The van der Waals surface area contributed by atoms with E-state index in [1.54, 1.807) is 0 Å². The van der Waals surface area contributed by atoms with Gasteiger partial charge in [0.15, 0.2) is 0 Å². The van der Waals surface area contributed by atoms with Gasteiger partial charge in [-0.15, -0.1) is 0 Å². The number of nitrogens with zero attached hydrogens (tertiary/aromatic N) is 4. The van der Waals surface area contributed by atoms with Crippen LogP contribution in [0.3, 0.4) is 0 Å². The molecule has 23 heavy (non-hydrogen) atoms. The van der Waals surface area contributed by atoms with Crippen molar-refractivity contribution in [3.63, 3.8) is 0 Å². The first-order chi connectivity index (χ1) is 11.3. The molecule has 7 heteroatoms. The van der Waals surface area contributed by atoms with E-state index in [4.69, 9.17) is 10.5 Å². The van der Waals surface area contributed by atoms with Gasteiger partial charge in [0.05, 0.1) is 18.9 Å². The molecular weight excluding hydrogens is 292 g/mol. The van der Waals surface area contributed by atoms with Gasteiger partial charge in [0.2, 0.25) is 5.95 Å². The lowest BCUT2D eigenvalue weighted by Crippen LogP contribution is -2.36. The molecule has 120 valence electrons. The second-order valence-electron chi connectivity index (χ2n) is 5.92. The first-order valence-electron chi connectivity index (χ1n) is 7.98. The molecule has 0 radical (unpaired) electrons. The van der Waals surface area contributed by atoms with Crippen molar-refractivity contribution in [2.45, 2.75) is 18.9 Å². The first-order valence-corrected chi connectivity index (χ1v) is 7.98. The zero-order valence-corrected chi connectivity index (χ0v) is 12.9. The van der Waals surface area contributed by atoms with Crippen LogP contribution in [-0.2, 0) is 4.74 Å². The number of rotatable bonds is 4. The third-order valence-corrected chi connectivity index (χ3v) is 4.05. The van der Waals surface area contributed by atoms with Crippen LogP contribution < -0.4 is 16.0 Å². The molecule has 1 saturated heterocycles. The van der Waals surface area contributed by atoms with Crippen LogP contribution >= 0.6 is 0 Å². The summed E-state index contributed by atoms with van der Waals surface area (Å²) in [6, 6.07) is 6.51. The van der Waals surface area contributed by atoms with Gasteiger partial charge in [-0.25, -0.2) is 9.97 Å². The van der Waals surface area contributed by atoms with Crippen LogP contribution in [0.4, 0.5) is 17.6 Å². The smallest absolute Gasteiger partial charge is 0.222 e. The zero-order valence-electron chi connectivity index (χ0n) is 12.9. The Balaban J connectivity index is 1.56. The molecule has 2 fully saturated rings. The summed E-state index contributed by atoms with van der Waals surface area (Å²) >= 11 is 0. The number of ether oxygens (including phenoxy) is 1. The number of pyridine rings is 1. The van der Waals surface area contributed by atoms with E-state index in [0.717, 1.165) is 49.2 Å². The minimum atomic E-state index is 0.280. The van der Waals surface area contributed by atoms with E-state index in [1.807, 2.05) is 24.4 Å². The Morgan fingerprint density at radius 1 is 1.17 bits per heavy atom. The SMILES string of the molecule is Nc1nc(NC2CC2)cc(-c2ccc(N3CCOCC3)nc2)n1. The summed E-state index contributed by atoms with van der Waals surface area (Å²) in [5.41, 5.74) is 7.57. The maximum atomic E-state index is 5.83. The second-order valence-corrected chi connectivity index (χ2v) is 5.92. The molecule has 4 rings (SSSR count). The average Bonchev–Trinajstić information content (AvgIpc) is 3.39. The maximum absolute atomic E-state index is 5.83. The van der Waals surface area contributed by atoms with Crippen LogP contribution in [0.15, 0.2) is 24.4 Å². The summed E-state index contributed by atoms with van der Waals surface area (Å²) in [5.74, 6) is 2.03. The molecule has 2 aromatic rings. The highest BCUT2D eigenvalue weighted by Crippen LogP contribution is 2.27. The summed E-state index contributed by atoms with van der Waals surface area (Å²) in [4.78, 5) is 15.4. The van der Waals surface area contributed by atoms with Gasteiger partial charge in [0.1, 0.15) is 11.6 Å². The molecule has 3 heterocycles. The number of morpholine rings is 1.